The van der Waals surface area contributed by atoms with Crippen molar-refractivity contribution >= 4 is 41.0 Å². The lowest BCUT2D eigenvalue weighted by Gasteiger charge is -2.28. The van der Waals surface area contributed by atoms with E-state index in [1.807, 2.05) is 24.3 Å². The molecule has 11 nitrogen and oxygen atoms in total. The Kier molecular flexibility index (Phi) is 7.79. The van der Waals surface area contributed by atoms with E-state index in [1.54, 1.807) is 24.3 Å². The fourth-order valence-corrected chi connectivity index (χ4v) is 4.35. The lowest BCUT2D eigenvalue weighted by Crippen LogP contribution is -2.19. The smallest absolute Gasteiger partial charge is 0.320 e. The first-order chi connectivity index (χ1) is 17.4. The number of carbonyl (C=O) groups excluding carboxylic acids is 3. The van der Waals surface area contributed by atoms with E-state index >= 15 is 0 Å². The highest BCUT2D eigenvalue weighted by atomic mass is 16.5. The number of carbonyl (C=O) groups is 3. The van der Waals surface area contributed by atoms with Gasteiger partial charge < -0.3 is 30.8 Å². The Morgan fingerprint density at radius 1 is 0.972 bits per heavy atom. The number of amides is 3. The predicted molar refractivity (Wildman–Crippen MR) is 133 cm³/mol. The third kappa shape index (κ3) is 6.59. The molecule has 188 valence electrons. The van der Waals surface area contributed by atoms with Crippen molar-refractivity contribution in [1.29, 1.82) is 0 Å². The maximum Gasteiger partial charge on any atom is 0.320 e. The normalized spacial score (nSPS) is 17.1. The summed E-state index contributed by atoms with van der Waals surface area (Å²) in [5.74, 6) is -0.0521. The highest BCUT2D eigenvalue weighted by molar-refractivity contribution is 6.00. The minimum Gasteiger partial charge on any atom is -0.469 e. The van der Waals surface area contributed by atoms with Gasteiger partial charge in [0.2, 0.25) is 0 Å². The van der Waals surface area contributed by atoms with Gasteiger partial charge >= 0.3 is 29.8 Å². The number of benzene rings is 2. The number of rotatable bonds is 8. The van der Waals surface area contributed by atoms with E-state index in [4.69, 9.17) is 14.9 Å². The first-order valence-electron chi connectivity index (χ1n) is 11.6. The summed E-state index contributed by atoms with van der Waals surface area (Å²) >= 11 is 0. The summed E-state index contributed by atoms with van der Waals surface area (Å²) in [6.45, 7) is 0. The monoisotopic (exact) mass is 492 g/mol. The second kappa shape index (κ2) is 11.3. The molecule has 0 saturated heterocycles. The molecule has 1 fully saturated rings. The van der Waals surface area contributed by atoms with Gasteiger partial charge in [0.15, 0.2) is 0 Å². The van der Waals surface area contributed by atoms with Crippen LogP contribution in [-0.4, -0.2) is 35.2 Å². The zero-order chi connectivity index (χ0) is 25.5. The summed E-state index contributed by atoms with van der Waals surface area (Å²) < 4.78 is 10.2. The van der Waals surface area contributed by atoms with Crippen molar-refractivity contribution in [1.82, 2.24) is 10.2 Å². The van der Waals surface area contributed by atoms with Gasteiger partial charge in [0.1, 0.15) is 0 Å². The van der Waals surface area contributed by atoms with Gasteiger partial charge in [-0.1, -0.05) is 23.3 Å². The number of hydrogen-bond donors (Lipinski definition) is 4. The van der Waals surface area contributed by atoms with Crippen molar-refractivity contribution in [3.63, 3.8) is 0 Å². The fourth-order valence-electron chi connectivity index (χ4n) is 4.35. The average Bonchev–Trinajstić information content (AvgIpc) is 3.33. The molecule has 36 heavy (non-hydrogen) atoms. The van der Waals surface area contributed by atoms with Crippen LogP contribution in [0.15, 0.2) is 52.9 Å². The quantitative estimate of drug-likeness (QED) is 0.337. The summed E-state index contributed by atoms with van der Waals surface area (Å²) in [6, 6.07) is 13.8. The Hall–Kier alpha value is -4.41. The van der Waals surface area contributed by atoms with Gasteiger partial charge in [-0.15, -0.1) is 5.10 Å². The summed E-state index contributed by atoms with van der Waals surface area (Å²) in [6.07, 6.45) is 4.52. The van der Waals surface area contributed by atoms with E-state index in [1.165, 1.54) is 12.7 Å². The number of aromatic nitrogens is 2. The van der Waals surface area contributed by atoms with Gasteiger partial charge in [-0.25, -0.2) is 4.79 Å². The third-order valence-electron chi connectivity index (χ3n) is 6.17. The first-order valence-corrected chi connectivity index (χ1v) is 11.6. The van der Waals surface area contributed by atoms with E-state index < -0.39 is 11.9 Å². The number of hydrogen-bond acceptors (Lipinski definition) is 8. The third-order valence-corrected chi connectivity index (χ3v) is 6.17. The molecule has 5 N–H and O–H groups in total. The second-order valence-corrected chi connectivity index (χ2v) is 8.68. The van der Waals surface area contributed by atoms with Crippen LogP contribution in [0.25, 0.3) is 0 Å². The second-order valence-electron chi connectivity index (χ2n) is 8.68. The Morgan fingerprint density at radius 2 is 1.69 bits per heavy atom. The molecule has 1 heterocycles. The standard InChI is InChI=1S/C25H28N6O5/c1-35-21(32)13-15-5-7-16(8-6-15)17-9-11-18(12-10-17)27-22(33)23-30-31-25(36-23)29-20-4-2-3-19(14-20)28-24(26)34/h2-4,9-12,14-16H,5-8,13H2,1H3,(H,27,33)(H,29,31)(H3,26,28,34). The van der Waals surface area contributed by atoms with Crippen molar-refractivity contribution in [2.45, 2.75) is 38.0 Å². The highest BCUT2D eigenvalue weighted by Crippen LogP contribution is 2.37. The summed E-state index contributed by atoms with van der Waals surface area (Å²) in [4.78, 5) is 35.1. The molecule has 4 rings (SSSR count). The number of esters is 1. The van der Waals surface area contributed by atoms with Gasteiger partial charge in [-0.2, -0.15) is 0 Å². The largest absolute Gasteiger partial charge is 0.469 e. The molecule has 1 aliphatic carbocycles. The number of nitrogens with zero attached hydrogens (tertiary/aromatic N) is 2. The molecular formula is C25H28N6O5. The van der Waals surface area contributed by atoms with Gasteiger partial charge in [0.05, 0.1) is 7.11 Å². The van der Waals surface area contributed by atoms with Crippen molar-refractivity contribution in [3.05, 3.63) is 60.0 Å². The fraction of sp³-hybridized carbons (Fsp3) is 0.320. The molecule has 3 amide bonds. The minimum atomic E-state index is -0.681. The molecule has 0 bridgehead atoms. The van der Waals surface area contributed by atoms with Crippen LogP contribution in [-0.2, 0) is 9.53 Å². The summed E-state index contributed by atoms with van der Waals surface area (Å²) in [5.41, 5.74) is 8.00. The van der Waals surface area contributed by atoms with Crippen molar-refractivity contribution in [2.24, 2.45) is 11.7 Å². The van der Waals surface area contributed by atoms with Crippen LogP contribution in [0.5, 0.6) is 0 Å². The zero-order valence-electron chi connectivity index (χ0n) is 19.8. The van der Waals surface area contributed by atoms with Crippen LogP contribution in [0.2, 0.25) is 0 Å². The molecular weight excluding hydrogens is 464 g/mol. The molecule has 1 aromatic heterocycles. The van der Waals surface area contributed by atoms with Crippen LogP contribution in [0.1, 0.15) is 54.3 Å². The topological polar surface area (TPSA) is 161 Å². The molecule has 3 aromatic rings. The molecule has 2 aromatic carbocycles. The molecule has 0 radical (unpaired) electrons. The molecule has 1 aliphatic rings. The van der Waals surface area contributed by atoms with Crippen LogP contribution < -0.4 is 21.7 Å². The number of nitrogens with one attached hydrogen (secondary N) is 3. The molecule has 11 heteroatoms. The van der Waals surface area contributed by atoms with E-state index in [9.17, 15) is 14.4 Å². The maximum absolute atomic E-state index is 12.6. The van der Waals surface area contributed by atoms with Crippen molar-refractivity contribution in [3.8, 4) is 0 Å². The van der Waals surface area contributed by atoms with E-state index in [2.05, 4.69) is 26.1 Å². The molecule has 1 saturated carbocycles. The van der Waals surface area contributed by atoms with Crippen LogP contribution in [0, 0.1) is 5.92 Å². The number of anilines is 4. The average molecular weight is 493 g/mol. The number of methoxy groups -OCH3 is 1. The van der Waals surface area contributed by atoms with Gasteiger partial charge in [-0.3, -0.25) is 9.59 Å². The zero-order valence-corrected chi connectivity index (χ0v) is 19.8. The SMILES string of the molecule is COC(=O)CC1CCC(c2ccc(NC(=O)c3nnc(Nc4cccc(NC(N)=O)c4)o3)cc2)CC1. The molecule has 0 unspecified atom stereocenters. The minimum absolute atomic E-state index is 0.0227. The van der Waals surface area contributed by atoms with Crippen molar-refractivity contribution in [2.75, 3.05) is 23.1 Å². The van der Waals surface area contributed by atoms with Crippen LogP contribution in [0.3, 0.4) is 0 Å². The predicted octanol–water partition coefficient (Wildman–Crippen LogP) is 4.39. The van der Waals surface area contributed by atoms with Gasteiger partial charge in [0.25, 0.3) is 0 Å². The lowest BCUT2D eigenvalue weighted by molar-refractivity contribution is -0.142. The van der Waals surface area contributed by atoms with Crippen LogP contribution in [0.4, 0.5) is 27.9 Å². The Labute approximate surface area is 207 Å². The molecule has 0 aliphatic heterocycles. The van der Waals surface area contributed by atoms with Crippen LogP contribution >= 0.6 is 0 Å². The lowest BCUT2D eigenvalue weighted by atomic mass is 9.77. The maximum atomic E-state index is 12.6. The number of nitrogens with two attached hydrogens (primary N) is 1. The highest BCUT2D eigenvalue weighted by Gasteiger charge is 2.24. The summed E-state index contributed by atoms with van der Waals surface area (Å²) in [7, 11) is 1.43. The van der Waals surface area contributed by atoms with E-state index in [0.717, 1.165) is 25.7 Å². The Morgan fingerprint density at radius 3 is 2.39 bits per heavy atom. The van der Waals surface area contributed by atoms with Gasteiger partial charge in [0, 0.05) is 23.5 Å². The molecule has 0 spiro atoms. The Balaban J connectivity index is 1.30. The first kappa shape index (κ1) is 24.7. The number of primary amides is 1. The summed E-state index contributed by atoms with van der Waals surface area (Å²) in [5, 5.41) is 15.7. The molecule has 0 atom stereocenters. The van der Waals surface area contributed by atoms with E-state index in [0.29, 0.717) is 35.3 Å². The van der Waals surface area contributed by atoms with Crippen molar-refractivity contribution < 1.29 is 23.5 Å². The van der Waals surface area contributed by atoms with E-state index in [-0.39, 0.29) is 17.9 Å². The number of ether oxygens (including phenoxy) is 1. The Bertz CT molecular complexity index is 1220. The van der Waals surface area contributed by atoms with Gasteiger partial charge in [-0.05, 0) is 73.4 Å². The number of urea groups is 1.